The van der Waals surface area contributed by atoms with Gasteiger partial charge >= 0.3 is 0 Å². The highest BCUT2D eigenvalue weighted by molar-refractivity contribution is 7.89. The fraction of sp³-hybridized carbons (Fsp3) is 0.391. The van der Waals surface area contributed by atoms with Crippen LogP contribution >= 0.6 is 11.3 Å². The predicted octanol–water partition coefficient (Wildman–Crippen LogP) is 3.32. The Morgan fingerprint density at radius 3 is 2.69 bits per heavy atom. The molecule has 1 aliphatic rings. The average Bonchev–Trinajstić information content (AvgIpc) is 3.55. The van der Waals surface area contributed by atoms with Gasteiger partial charge in [0.2, 0.25) is 27.6 Å². The average molecular weight is 515 g/mol. The summed E-state index contributed by atoms with van der Waals surface area (Å²) < 4.78 is 33.1. The van der Waals surface area contributed by atoms with E-state index in [1.165, 1.54) is 15.6 Å². The van der Waals surface area contributed by atoms with E-state index in [9.17, 15) is 13.2 Å². The summed E-state index contributed by atoms with van der Waals surface area (Å²) in [6.45, 7) is 6.35. The Hall–Kier alpha value is -3.09. The quantitative estimate of drug-likeness (QED) is 0.403. The predicted molar refractivity (Wildman–Crippen MR) is 131 cm³/mol. The number of piperidine rings is 1. The zero-order chi connectivity index (χ0) is 24.7. The third kappa shape index (κ3) is 4.73. The number of aryl methyl sites for hydroxylation is 3. The molecule has 5 rings (SSSR count). The molecule has 0 unspecified atom stereocenters. The molecule has 184 valence electrons. The van der Waals surface area contributed by atoms with Crippen molar-refractivity contribution in [3.05, 3.63) is 46.4 Å². The van der Waals surface area contributed by atoms with Crippen LogP contribution in [0.3, 0.4) is 0 Å². The molecule has 4 aromatic rings. The summed E-state index contributed by atoms with van der Waals surface area (Å²) in [4.78, 5) is 26.2. The molecule has 1 amide bonds. The summed E-state index contributed by atoms with van der Waals surface area (Å²) in [6.07, 6.45) is 0.926. The number of carbonyl (C=O) groups is 1. The van der Waals surface area contributed by atoms with Crippen LogP contribution in [0.1, 0.15) is 35.0 Å². The zero-order valence-corrected chi connectivity index (χ0v) is 21.3. The summed E-state index contributed by atoms with van der Waals surface area (Å²) in [5.41, 5.74) is 2.94. The normalized spacial score (nSPS) is 15.6. The first-order chi connectivity index (χ1) is 16.7. The van der Waals surface area contributed by atoms with E-state index in [1.54, 1.807) is 19.9 Å². The van der Waals surface area contributed by atoms with Gasteiger partial charge in [-0.2, -0.15) is 9.29 Å². The highest BCUT2D eigenvalue weighted by atomic mass is 32.2. The van der Waals surface area contributed by atoms with Crippen molar-refractivity contribution in [2.75, 3.05) is 13.1 Å². The zero-order valence-electron chi connectivity index (χ0n) is 19.7. The number of rotatable bonds is 6. The second-order valence-electron chi connectivity index (χ2n) is 8.77. The van der Waals surface area contributed by atoms with Crippen LogP contribution in [0.25, 0.3) is 21.7 Å². The van der Waals surface area contributed by atoms with Gasteiger partial charge < -0.3 is 14.8 Å². The molecule has 0 saturated carbocycles. The maximum atomic E-state index is 13.3. The molecule has 10 nitrogen and oxygen atoms in total. The first kappa shape index (κ1) is 23.6. The Balaban J connectivity index is 1.20. The van der Waals surface area contributed by atoms with Crippen LogP contribution in [0.4, 0.5) is 0 Å². The highest BCUT2D eigenvalue weighted by Crippen LogP contribution is 2.34. The summed E-state index contributed by atoms with van der Waals surface area (Å²) in [5, 5.41) is 6.82. The van der Waals surface area contributed by atoms with Crippen LogP contribution in [0.2, 0.25) is 0 Å². The van der Waals surface area contributed by atoms with Crippen molar-refractivity contribution in [2.45, 2.75) is 45.1 Å². The fourth-order valence-electron chi connectivity index (χ4n) is 4.30. The minimum atomic E-state index is -3.68. The Labute approximate surface area is 206 Å². The lowest BCUT2D eigenvalue weighted by molar-refractivity contribution is -0.126. The topological polar surface area (TPSA) is 134 Å². The number of nitrogens with one attached hydrogen (secondary N) is 2. The molecule has 0 atom stereocenters. The molecule has 1 aromatic carbocycles. The third-order valence-electron chi connectivity index (χ3n) is 6.18. The summed E-state index contributed by atoms with van der Waals surface area (Å²) >= 11 is 1.32. The van der Waals surface area contributed by atoms with E-state index in [0.29, 0.717) is 46.7 Å². The van der Waals surface area contributed by atoms with Gasteiger partial charge in [-0.15, -0.1) is 11.3 Å². The minimum Gasteiger partial charge on any atom is -0.349 e. The first-order valence-electron chi connectivity index (χ1n) is 11.3. The van der Waals surface area contributed by atoms with E-state index in [2.05, 4.69) is 25.4 Å². The molecule has 2 N–H and O–H groups in total. The summed E-state index contributed by atoms with van der Waals surface area (Å²) in [7, 11) is -3.68. The number of H-pyrrole nitrogens is 1. The number of aromatic nitrogens is 4. The van der Waals surface area contributed by atoms with Crippen LogP contribution in [0, 0.1) is 26.7 Å². The molecule has 1 aliphatic heterocycles. The molecular formula is C23H26N6O4S2. The molecule has 12 heteroatoms. The van der Waals surface area contributed by atoms with E-state index in [1.807, 2.05) is 25.1 Å². The molecule has 3 aromatic heterocycles. The largest absolute Gasteiger partial charge is 0.349 e. The number of benzene rings is 1. The van der Waals surface area contributed by atoms with E-state index in [4.69, 9.17) is 4.52 Å². The Bertz CT molecular complexity index is 1500. The maximum Gasteiger partial charge on any atom is 0.244 e. The smallest absolute Gasteiger partial charge is 0.244 e. The lowest BCUT2D eigenvalue weighted by Gasteiger charge is -2.30. The van der Waals surface area contributed by atoms with Gasteiger partial charge in [0, 0.05) is 30.8 Å². The van der Waals surface area contributed by atoms with Crippen molar-refractivity contribution in [3.8, 4) is 10.7 Å². The van der Waals surface area contributed by atoms with Crippen molar-refractivity contribution in [1.82, 2.24) is 29.7 Å². The van der Waals surface area contributed by atoms with Gasteiger partial charge in [0.05, 0.1) is 27.4 Å². The second-order valence-corrected chi connectivity index (χ2v) is 11.9. The summed E-state index contributed by atoms with van der Waals surface area (Å²) in [6, 6.07) is 7.57. The van der Waals surface area contributed by atoms with Crippen molar-refractivity contribution in [1.29, 1.82) is 0 Å². The lowest BCUT2D eigenvalue weighted by atomic mass is 9.97. The number of carbonyl (C=O) groups excluding carboxylic acids is 1. The molecular weight excluding hydrogens is 488 g/mol. The molecule has 1 fully saturated rings. The molecule has 0 aliphatic carbocycles. The van der Waals surface area contributed by atoms with E-state index >= 15 is 0 Å². The number of thiophene rings is 1. The molecule has 0 spiro atoms. The number of hydrogen-bond acceptors (Lipinski definition) is 8. The van der Waals surface area contributed by atoms with Gasteiger partial charge in [0.25, 0.3) is 0 Å². The fourth-order valence-corrected chi connectivity index (χ4v) is 7.26. The maximum absolute atomic E-state index is 13.3. The second kappa shape index (κ2) is 9.17. The van der Waals surface area contributed by atoms with Gasteiger partial charge in [-0.3, -0.25) is 4.79 Å². The van der Waals surface area contributed by atoms with Crippen molar-refractivity contribution < 1.29 is 17.7 Å². The Morgan fingerprint density at radius 2 is 1.97 bits per heavy atom. The van der Waals surface area contributed by atoms with Crippen molar-refractivity contribution >= 4 is 38.3 Å². The number of amides is 1. The van der Waals surface area contributed by atoms with Gasteiger partial charge in [0.1, 0.15) is 5.82 Å². The van der Waals surface area contributed by atoms with E-state index in [-0.39, 0.29) is 29.8 Å². The number of hydrogen-bond donors (Lipinski definition) is 2. The van der Waals surface area contributed by atoms with Crippen LogP contribution in [-0.4, -0.2) is 51.8 Å². The van der Waals surface area contributed by atoms with E-state index < -0.39 is 10.0 Å². The van der Waals surface area contributed by atoms with Crippen LogP contribution < -0.4 is 5.32 Å². The molecule has 1 saturated heterocycles. The number of sulfonamides is 1. The SMILES string of the molecule is Cc1ccc2nc(CNC(=O)C3CCN(S(=O)(=O)c4cc(-c5noc(C)n5)sc4C)CC3)[nH]c2c1. The van der Waals surface area contributed by atoms with Gasteiger partial charge in [-0.25, -0.2) is 13.4 Å². The highest BCUT2D eigenvalue weighted by Gasteiger charge is 2.34. The van der Waals surface area contributed by atoms with Crippen molar-refractivity contribution in [3.63, 3.8) is 0 Å². The number of fused-ring (bicyclic) bond motifs is 1. The van der Waals surface area contributed by atoms with Gasteiger partial charge in [0.15, 0.2) is 0 Å². The summed E-state index contributed by atoms with van der Waals surface area (Å²) in [5.74, 6) is 1.17. The monoisotopic (exact) mass is 514 g/mol. The molecule has 0 bridgehead atoms. The lowest BCUT2D eigenvalue weighted by Crippen LogP contribution is -2.43. The van der Waals surface area contributed by atoms with Crippen LogP contribution in [-0.2, 0) is 21.4 Å². The number of imidazole rings is 1. The third-order valence-corrected chi connectivity index (χ3v) is 9.38. The first-order valence-corrected chi connectivity index (χ1v) is 13.6. The Kier molecular flexibility index (Phi) is 6.20. The van der Waals surface area contributed by atoms with Crippen LogP contribution in [0.5, 0.6) is 0 Å². The Morgan fingerprint density at radius 1 is 1.20 bits per heavy atom. The van der Waals surface area contributed by atoms with Crippen molar-refractivity contribution in [2.24, 2.45) is 5.92 Å². The number of nitrogens with zero attached hydrogens (tertiary/aromatic N) is 4. The van der Waals surface area contributed by atoms with Gasteiger partial charge in [-0.1, -0.05) is 11.2 Å². The molecule has 4 heterocycles. The minimum absolute atomic E-state index is 0.0832. The number of aromatic amines is 1. The standard InChI is InChI=1S/C23H26N6O4S2/c1-13-4-5-17-18(10-13)27-21(26-17)12-24-23(30)16-6-8-29(9-7-16)35(31,32)20-11-19(34-14(20)2)22-25-15(3)33-28-22/h4-5,10-11,16H,6-9,12H2,1-3H3,(H,24,30)(H,26,27). The molecule has 35 heavy (non-hydrogen) atoms. The van der Waals surface area contributed by atoms with Gasteiger partial charge in [-0.05, 0) is 50.5 Å². The molecule has 0 radical (unpaired) electrons. The van der Waals surface area contributed by atoms with Crippen LogP contribution in [0.15, 0.2) is 33.7 Å². The van der Waals surface area contributed by atoms with E-state index in [0.717, 1.165) is 16.6 Å².